The van der Waals surface area contributed by atoms with Crippen LogP contribution >= 0.6 is 23.2 Å². The molecule has 0 saturated heterocycles. The lowest BCUT2D eigenvalue weighted by Gasteiger charge is -2.33. The van der Waals surface area contributed by atoms with Crippen molar-refractivity contribution < 1.29 is 0 Å². The topological polar surface area (TPSA) is 12.0 Å². The predicted octanol–water partition coefficient (Wildman–Crippen LogP) is 4.95. The van der Waals surface area contributed by atoms with Crippen LogP contribution in [0.5, 0.6) is 0 Å². The molecule has 0 amide bonds. The Hall–Kier alpha value is -0.240. The summed E-state index contributed by atoms with van der Waals surface area (Å²) in [7, 11) is 0. The summed E-state index contributed by atoms with van der Waals surface area (Å²) in [5.74, 6) is 1.93. The first-order chi connectivity index (χ1) is 9.49. The first-order valence-electron chi connectivity index (χ1n) is 7.65. The standard InChI is InChI=1S/C17H23Cl2N/c1-11(2)20-10-17(7-12-6-13(12)8-17)9-14-15(18)4-3-5-16(14)19/h3-5,11-13,20H,6-10H2,1-2H3. The highest BCUT2D eigenvalue weighted by Crippen LogP contribution is 2.61. The van der Waals surface area contributed by atoms with E-state index in [2.05, 4.69) is 19.2 Å². The van der Waals surface area contributed by atoms with Gasteiger partial charge in [-0.05, 0) is 60.6 Å². The molecular formula is C17H23Cl2N. The maximum atomic E-state index is 6.38. The van der Waals surface area contributed by atoms with Gasteiger partial charge in [-0.3, -0.25) is 0 Å². The molecule has 1 aromatic carbocycles. The zero-order chi connectivity index (χ0) is 14.3. The molecule has 0 aliphatic heterocycles. The average molecular weight is 312 g/mol. The first kappa shape index (κ1) is 14.7. The van der Waals surface area contributed by atoms with Gasteiger partial charge in [-0.1, -0.05) is 43.1 Å². The van der Waals surface area contributed by atoms with Gasteiger partial charge in [0.2, 0.25) is 0 Å². The number of halogens is 2. The summed E-state index contributed by atoms with van der Waals surface area (Å²) in [6.45, 7) is 5.51. The van der Waals surface area contributed by atoms with Crippen LogP contribution in [-0.4, -0.2) is 12.6 Å². The molecule has 3 heteroatoms. The fourth-order valence-electron chi connectivity index (χ4n) is 3.85. The van der Waals surface area contributed by atoms with Gasteiger partial charge < -0.3 is 5.32 Å². The third-order valence-corrected chi connectivity index (χ3v) is 5.67. The fraction of sp³-hybridized carbons (Fsp3) is 0.647. The summed E-state index contributed by atoms with van der Waals surface area (Å²) in [5.41, 5.74) is 1.50. The van der Waals surface area contributed by atoms with Crippen LogP contribution in [0.4, 0.5) is 0 Å². The summed E-state index contributed by atoms with van der Waals surface area (Å²) in [6.07, 6.45) is 5.12. The zero-order valence-electron chi connectivity index (χ0n) is 12.3. The number of nitrogens with one attached hydrogen (secondary N) is 1. The van der Waals surface area contributed by atoms with Crippen molar-refractivity contribution in [3.63, 3.8) is 0 Å². The SMILES string of the molecule is CC(C)NCC1(Cc2c(Cl)cccc2Cl)CC2CC2C1. The molecule has 3 rings (SSSR count). The third kappa shape index (κ3) is 3.00. The van der Waals surface area contributed by atoms with E-state index in [0.29, 0.717) is 11.5 Å². The molecule has 1 aromatic rings. The maximum Gasteiger partial charge on any atom is 0.0453 e. The van der Waals surface area contributed by atoms with Crippen LogP contribution in [0.25, 0.3) is 0 Å². The Morgan fingerprint density at radius 1 is 1.20 bits per heavy atom. The van der Waals surface area contributed by atoms with E-state index in [9.17, 15) is 0 Å². The van der Waals surface area contributed by atoms with Crippen LogP contribution < -0.4 is 5.32 Å². The Balaban J connectivity index is 1.80. The van der Waals surface area contributed by atoms with Crippen LogP contribution in [0.2, 0.25) is 10.0 Å². The second kappa shape index (κ2) is 5.51. The van der Waals surface area contributed by atoms with Crippen molar-refractivity contribution in [1.82, 2.24) is 5.32 Å². The van der Waals surface area contributed by atoms with Gasteiger partial charge in [0, 0.05) is 22.6 Å². The Bertz CT molecular complexity index is 468. The van der Waals surface area contributed by atoms with Crippen molar-refractivity contribution in [3.8, 4) is 0 Å². The van der Waals surface area contributed by atoms with Gasteiger partial charge >= 0.3 is 0 Å². The Labute approximate surface area is 132 Å². The van der Waals surface area contributed by atoms with Crippen molar-refractivity contribution in [2.75, 3.05) is 6.54 Å². The van der Waals surface area contributed by atoms with E-state index in [1.165, 1.54) is 19.3 Å². The van der Waals surface area contributed by atoms with E-state index in [-0.39, 0.29) is 0 Å². The largest absolute Gasteiger partial charge is 0.314 e. The van der Waals surface area contributed by atoms with Gasteiger partial charge in [-0.15, -0.1) is 0 Å². The van der Waals surface area contributed by atoms with Gasteiger partial charge in [0.05, 0.1) is 0 Å². The Morgan fingerprint density at radius 3 is 2.35 bits per heavy atom. The maximum absolute atomic E-state index is 6.38. The highest BCUT2D eigenvalue weighted by atomic mass is 35.5. The number of hydrogen-bond donors (Lipinski definition) is 1. The molecule has 1 N–H and O–H groups in total. The van der Waals surface area contributed by atoms with E-state index in [0.717, 1.165) is 40.4 Å². The quantitative estimate of drug-likeness (QED) is 0.811. The molecule has 2 fully saturated rings. The predicted molar refractivity (Wildman–Crippen MR) is 86.6 cm³/mol. The molecule has 110 valence electrons. The molecule has 0 heterocycles. The summed E-state index contributed by atoms with van der Waals surface area (Å²) in [6, 6.07) is 6.38. The van der Waals surface area contributed by atoms with Crippen LogP contribution in [0.3, 0.4) is 0 Å². The molecule has 2 saturated carbocycles. The van der Waals surface area contributed by atoms with Crippen molar-refractivity contribution in [2.24, 2.45) is 17.3 Å². The summed E-state index contributed by atoms with van der Waals surface area (Å²) >= 11 is 12.8. The van der Waals surface area contributed by atoms with Crippen LogP contribution in [0.1, 0.15) is 38.7 Å². The fourth-order valence-corrected chi connectivity index (χ4v) is 4.39. The molecule has 20 heavy (non-hydrogen) atoms. The normalized spacial score (nSPS) is 31.6. The smallest absolute Gasteiger partial charge is 0.0453 e. The summed E-state index contributed by atoms with van der Waals surface area (Å²) < 4.78 is 0. The third-order valence-electron chi connectivity index (χ3n) is 4.96. The lowest BCUT2D eigenvalue weighted by atomic mass is 9.77. The Morgan fingerprint density at radius 2 is 1.80 bits per heavy atom. The minimum absolute atomic E-state index is 0.354. The van der Waals surface area contributed by atoms with E-state index >= 15 is 0 Å². The Kier molecular flexibility index (Phi) is 4.05. The van der Waals surface area contributed by atoms with Gasteiger partial charge in [0.15, 0.2) is 0 Å². The molecule has 0 radical (unpaired) electrons. The van der Waals surface area contributed by atoms with Gasteiger partial charge in [0.25, 0.3) is 0 Å². The zero-order valence-corrected chi connectivity index (χ0v) is 13.8. The second-order valence-electron chi connectivity index (χ2n) is 7.08. The number of hydrogen-bond acceptors (Lipinski definition) is 1. The van der Waals surface area contributed by atoms with Crippen LogP contribution in [0, 0.1) is 17.3 Å². The molecule has 1 nitrogen and oxygen atoms in total. The van der Waals surface area contributed by atoms with Gasteiger partial charge in [-0.2, -0.15) is 0 Å². The van der Waals surface area contributed by atoms with Crippen molar-refractivity contribution >= 4 is 23.2 Å². The lowest BCUT2D eigenvalue weighted by Crippen LogP contribution is -2.38. The van der Waals surface area contributed by atoms with Gasteiger partial charge in [0.1, 0.15) is 0 Å². The molecule has 0 bridgehead atoms. The highest BCUT2D eigenvalue weighted by molar-refractivity contribution is 6.36. The number of fused-ring (bicyclic) bond motifs is 1. The average Bonchev–Trinajstić information content (AvgIpc) is 3.00. The van der Waals surface area contributed by atoms with Crippen molar-refractivity contribution in [3.05, 3.63) is 33.8 Å². The minimum atomic E-state index is 0.354. The van der Waals surface area contributed by atoms with E-state index in [1.54, 1.807) is 0 Å². The molecule has 2 aliphatic carbocycles. The molecule has 0 spiro atoms. The van der Waals surface area contributed by atoms with E-state index in [1.807, 2.05) is 18.2 Å². The monoisotopic (exact) mass is 311 g/mol. The molecule has 0 aromatic heterocycles. The van der Waals surface area contributed by atoms with Crippen LogP contribution in [0.15, 0.2) is 18.2 Å². The second-order valence-corrected chi connectivity index (χ2v) is 7.89. The lowest BCUT2D eigenvalue weighted by molar-refractivity contribution is 0.241. The van der Waals surface area contributed by atoms with Gasteiger partial charge in [-0.25, -0.2) is 0 Å². The first-order valence-corrected chi connectivity index (χ1v) is 8.41. The van der Waals surface area contributed by atoms with E-state index in [4.69, 9.17) is 23.2 Å². The number of benzene rings is 1. The van der Waals surface area contributed by atoms with Crippen molar-refractivity contribution in [2.45, 2.75) is 45.6 Å². The molecular weight excluding hydrogens is 289 g/mol. The summed E-state index contributed by atoms with van der Waals surface area (Å²) in [4.78, 5) is 0. The van der Waals surface area contributed by atoms with Crippen molar-refractivity contribution in [1.29, 1.82) is 0 Å². The van der Waals surface area contributed by atoms with Crippen LogP contribution in [-0.2, 0) is 6.42 Å². The molecule has 2 atom stereocenters. The van der Waals surface area contributed by atoms with E-state index < -0.39 is 0 Å². The molecule has 2 unspecified atom stereocenters. The number of rotatable bonds is 5. The summed E-state index contributed by atoms with van der Waals surface area (Å²) in [5, 5.41) is 5.28. The highest BCUT2D eigenvalue weighted by Gasteiger charge is 2.53. The minimum Gasteiger partial charge on any atom is -0.314 e. The molecule has 2 aliphatic rings.